The van der Waals surface area contributed by atoms with E-state index < -0.39 is 0 Å². The maximum atomic E-state index is 6.02. The molecule has 0 atom stereocenters. The summed E-state index contributed by atoms with van der Waals surface area (Å²) in [5.41, 5.74) is 2.76. The molecule has 0 spiro atoms. The van der Waals surface area contributed by atoms with Crippen molar-refractivity contribution < 1.29 is 4.42 Å². The van der Waals surface area contributed by atoms with E-state index in [9.17, 15) is 0 Å². The molecule has 2 aromatic heterocycles. The van der Waals surface area contributed by atoms with Crippen LogP contribution in [0.4, 0.5) is 0 Å². The van der Waals surface area contributed by atoms with Gasteiger partial charge < -0.3 is 4.42 Å². The van der Waals surface area contributed by atoms with Crippen LogP contribution in [-0.2, 0) is 0 Å². The van der Waals surface area contributed by atoms with Crippen molar-refractivity contribution in [1.82, 2.24) is 4.68 Å². The molecule has 4 nitrogen and oxygen atoms in total. The first-order valence-electron chi connectivity index (χ1n) is 7.33. The standard InChI is InChI=1S/C18H16ClN3OS/c1-13(2)10-20-18-22(16(12-24-18)17-7-4-8-23-17)21-11-14-5-3-6-15(19)9-14/h3-9,11-12H,1,10H2,2H3. The Bertz CT molecular complexity index is 935. The number of thiazole rings is 1. The number of halogens is 1. The molecule has 122 valence electrons. The summed E-state index contributed by atoms with van der Waals surface area (Å²) < 4.78 is 7.27. The summed E-state index contributed by atoms with van der Waals surface area (Å²) in [4.78, 5) is 5.35. The van der Waals surface area contributed by atoms with E-state index in [1.165, 1.54) is 11.3 Å². The lowest BCUT2D eigenvalue weighted by Gasteiger charge is -2.01. The minimum atomic E-state index is 0.560. The van der Waals surface area contributed by atoms with Crippen LogP contribution in [0, 0.1) is 0 Å². The first kappa shape index (κ1) is 16.5. The van der Waals surface area contributed by atoms with Gasteiger partial charge in [0, 0.05) is 10.4 Å². The van der Waals surface area contributed by atoms with Crippen LogP contribution in [0.5, 0.6) is 0 Å². The van der Waals surface area contributed by atoms with E-state index in [1.54, 1.807) is 17.2 Å². The predicted molar refractivity (Wildman–Crippen MR) is 99.7 cm³/mol. The number of nitrogens with zero attached hydrogens (tertiary/aromatic N) is 3. The Morgan fingerprint density at radius 3 is 2.96 bits per heavy atom. The normalized spacial score (nSPS) is 12.2. The number of aromatic nitrogens is 1. The summed E-state index contributed by atoms with van der Waals surface area (Å²) in [5, 5.41) is 7.22. The van der Waals surface area contributed by atoms with Gasteiger partial charge in [-0.15, -0.1) is 11.3 Å². The van der Waals surface area contributed by atoms with Crippen molar-refractivity contribution >= 4 is 29.2 Å². The van der Waals surface area contributed by atoms with E-state index in [4.69, 9.17) is 16.0 Å². The number of hydrogen-bond donors (Lipinski definition) is 0. The maximum Gasteiger partial charge on any atom is 0.206 e. The zero-order valence-electron chi connectivity index (χ0n) is 13.1. The van der Waals surface area contributed by atoms with Gasteiger partial charge in [0.1, 0.15) is 5.69 Å². The van der Waals surface area contributed by atoms with Crippen LogP contribution in [0.25, 0.3) is 11.5 Å². The van der Waals surface area contributed by atoms with Crippen LogP contribution in [0.15, 0.2) is 74.7 Å². The second-order valence-corrected chi connectivity index (χ2v) is 6.54. The van der Waals surface area contributed by atoms with Crippen molar-refractivity contribution in [2.45, 2.75) is 6.92 Å². The minimum Gasteiger partial charge on any atom is -0.463 e. The molecule has 3 rings (SSSR count). The van der Waals surface area contributed by atoms with Crippen LogP contribution >= 0.6 is 22.9 Å². The van der Waals surface area contributed by atoms with Gasteiger partial charge in [-0.3, -0.25) is 4.99 Å². The second kappa shape index (κ2) is 7.47. The SMILES string of the molecule is C=C(C)CN=c1scc(-c2ccco2)n1N=Cc1cccc(Cl)c1. The highest BCUT2D eigenvalue weighted by molar-refractivity contribution is 7.07. The lowest BCUT2D eigenvalue weighted by atomic mass is 10.2. The fourth-order valence-corrected chi connectivity index (χ4v) is 3.04. The first-order valence-corrected chi connectivity index (χ1v) is 8.58. The minimum absolute atomic E-state index is 0.560. The Morgan fingerprint density at radius 2 is 2.25 bits per heavy atom. The summed E-state index contributed by atoms with van der Waals surface area (Å²) in [6.45, 7) is 6.40. The Morgan fingerprint density at radius 1 is 1.38 bits per heavy atom. The molecule has 0 bridgehead atoms. The highest BCUT2D eigenvalue weighted by Crippen LogP contribution is 2.20. The molecule has 0 aliphatic carbocycles. The fourth-order valence-electron chi connectivity index (χ4n) is 2.03. The molecule has 0 aliphatic rings. The van der Waals surface area contributed by atoms with E-state index >= 15 is 0 Å². The van der Waals surface area contributed by atoms with Gasteiger partial charge >= 0.3 is 0 Å². The molecule has 0 saturated carbocycles. The van der Waals surface area contributed by atoms with E-state index in [0.29, 0.717) is 11.6 Å². The van der Waals surface area contributed by atoms with Crippen molar-refractivity contribution in [3.63, 3.8) is 0 Å². The number of furan rings is 1. The second-order valence-electron chi connectivity index (χ2n) is 5.27. The predicted octanol–water partition coefficient (Wildman–Crippen LogP) is 4.82. The topological polar surface area (TPSA) is 42.8 Å². The quantitative estimate of drug-likeness (QED) is 0.476. The van der Waals surface area contributed by atoms with Gasteiger partial charge in [-0.1, -0.05) is 35.9 Å². The summed E-state index contributed by atoms with van der Waals surface area (Å²) in [6.07, 6.45) is 3.40. The van der Waals surface area contributed by atoms with E-state index in [0.717, 1.165) is 27.4 Å². The maximum absolute atomic E-state index is 6.02. The third kappa shape index (κ3) is 3.93. The molecular formula is C18H16ClN3OS. The lowest BCUT2D eigenvalue weighted by Crippen LogP contribution is -2.12. The average molecular weight is 358 g/mol. The van der Waals surface area contributed by atoms with Crippen molar-refractivity contribution in [2.75, 3.05) is 6.54 Å². The lowest BCUT2D eigenvalue weighted by molar-refractivity contribution is 0.575. The largest absolute Gasteiger partial charge is 0.463 e. The van der Waals surface area contributed by atoms with E-state index in [2.05, 4.69) is 16.7 Å². The molecule has 6 heteroatoms. The highest BCUT2D eigenvalue weighted by atomic mass is 35.5. The van der Waals surface area contributed by atoms with Crippen molar-refractivity contribution in [2.24, 2.45) is 10.1 Å². The highest BCUT2D eigenvalue weighted by Gasteiger charge is 2.09. The van der Waals surface area contributed by atoms with Crippen molar-refractivity contribution in [3.05, 3.63) is 75.6 Å². The Labute approximate surface area is 149 Å². The molecular weight excluding hydrogens is 342 g/mol. The third-order valence-electron chi connectivity index (χ3n) is 3.11. The van der Waals surface area contributed by atoms with Gasteiger partial charge in [0.25, 0.3) is 0 Å². The number of hydrogen-bond acceptors (Lipinski definition) is 4. The zero-order valence-corrected chi connectivity index (χ0v) is 14.7. The third-order valence-corrected chi connectivity index (χ3v) is 4.20. The summed E-state index contributed by atoms with van der Waals surface area (Å²) in [5.74, 6) is 0.742. The summed E-state index contributed by atoms with van der Waals surface area (Å²) in [7, 11) is 0. The van der Waals surface area contributed by atoms with Gasteiger partial charge in [0.05, 0.1) is 19.0 Å². The van der Waals surface area contributed by atoms with Gasteiger partial charge in [0.15, 0.2) is 5.76 Å². The van der Waals surface area contributed by atoms with E-state index in [-0.39, 0.29) is 0 Å². The molecule has 1 aromatic carbocycles. The summed E-state index contributed by atoms with van der Waals surface area (Å²) >= 11 is 7.53. The summed E-state index contributed by atoms with van der Waals surface area (Å²) in [6, 6.07) is 11.3. The van der Waals surface area contributed by atoms with Crippen molar-refractivity contribution in [1.29, 1.82) is 0 Å². The van der Waals surface area contributed by atoms with Gasteiger partial charge in [-0.25, -0.2) is 4.68 Å². The van der Waals surface area contributed by atoms with Crippen LogP contribution in [0.3, 0.4) is 0 Å². The molecule has 24 heavy (non-hydrogen) atoms. The van der Waals surface area contributed by atoms with Gasteiger partial charge in [-0.05, 0) is 36.8 Å². The molecule has 0 saturated heterocycles. The monoisotopic (exact) mass is 357 g/mol. The molecule has 0 unspecified atom stereocenters. The zero-order chi connectivity index (χ0) is 16.9. The molecule has 0 aliphatic heterocycles. The Balaban J connectivity index is 2.04. The number of rotatable bonds is 5. The van der Waals surface area contributed by atoms with Crippen LogP contribution < -0.4 is 4.80 Å². The smallest absolute Gasteiger partial charge is 0.206 e. The molecule has 2 heterocycles. The molecule has 0 N–H and O–H groups in total. The van der Waals surface area contributed by atoms with Crippen LogP contribution in [0.1, 0.15) is 12.5 Å². The van der Waals surface area contributed by atoms with Crippen LogP contribution in [0.2, 0.25) is 5.02 Å². The van der Waals surface area contributed by atoms with Gasteiger partial charge in [-0.2, -0.15) is 5.10 Å². The van der Waals surface area contributed by atoms with E-state index in [1.807, 2.05) is 48.7 Å². The first-order chi connectivity index (χ1) is 11.6. The molecule has 3 aromatic rings. The molecule has 0 amide bonds. The van der Waals surface area contributed by atoms with Gasteiger partial charge in [0.2, 0.25) is 4.80 Å². The Kier molecular flexibility index (Phi) is 5.13. The fraction of sp³-hybridized carbons (Fsp3) is 0.111. The van der Waals surface area contributed by atoms with Crippen molar-refractivity contribution in [3.8, 4) is 11.5 Å². The Hall–Kier alpha value is -2.37. The average Bonchev–Trinajstić information content (AvgIpc) is 3.20. The number of benzene rings is 1. The molecule has 0 radical (unpaired) electrons. The van der Waals surface area contributed by atoms with Crippen LogP contribution in [-0.4, -0.2) is 17.4 Å². The molecule has 0 fully saturated rings.